The summed E-state index contributed by atoms with van der Waals surface area (Å²) in [5, 5.41) is 13.1. The fourth-order valence-electron chi connectivity index (χ4n) is 3.90. The lowest BCUT2D eigenvalue weighted by atomic mass is 10.1. The third-order valence-corrected chi connectivity index (χ3v) is 9.22. The molecule has 12 heteroatoms. The highest BCUT2D eigenvalue weighted by atomic mass is 35.5. The van der Waals surface area contributed by atoms with Crippen LogP contribution in [0.1, 0.15) is 16.7 Å². The van der Waals surface area contributed by atoms with Gasteiger partial charge >= 0.3 is 12.1 Å². The fraction of sp³-hybridized carbons (Fsp3) is 0.227. The molecular weight excluding hydrogens is 513 g/mol. The quantitative estimate of drug-likeness (QED) is 0.365. The van der Waals surface area contributed by atoms with Gasteiger partial charge in [0.15, 0.2) is 0 Å². The lowest BCUT2D eigenvalue weighted by Crippen LogP contribution is -2.21. The number of carboxylic acid groups (broad SMARTS) is 1. The molecular formula is C22H18ClF3N2O4S2. The van der Waals surface area contributed by atoms with Crippen molar-refractivity contribution < 1.29 is 31.5 Å². The van der Waals surface area contributed by atoms with Crippen LogP contribution in [-0.2, 0) is 27.8 Å². The van der Waals surface area contributed by atoms with Crippen LogP contribution in [0.25, 0.3) is 21.0 Å². The van der Waals surface area contributed by atoms with Gasteiger partial charge in [-0.25, -0.2) is 8.77 Å². The van der Waals surface area contributed by atoms with Crippen molar-refractivity contribution in [2.24, 2.45) is 0 Å². The van der Waals surface area contributed by atoms with E-state index >= 15 is 0 Å². The van der Waals surface area contributed by atoms with Crippen molar-refractivity contribution in [1.82, 2.24) is 9.29 Å². The first-order valence-electron chi connectivity index (χ1n) is 9.98. The van der Waals surface area contributed by atoms with E-state index in [2.05, 4.69) is 11.4 Å². The molecule has 3 heterocycles. The van der Waals surface area contributed by atoms with Crippen LogP contribution in [0, 0.1) is 6.92 Å². The van der Waals surface area contributed by atoms with Gasteiger partial charge in [-0.15, -0.1) is 11.3 Å². The Hall–Kier alpha value is -2.60. The number of rotatable bonds is 2. The largest absolute Gasteiger partial charge is 0.490 e. The summed E-state index contributed by atoms with van der Waals surface area (Å²) in [4.78, 5) is 8.90. The Morgan fingerprint density at radius 2 is 1.91 bits per heavy atom. The highest BCUT2D eigenvalue weighted by Crippen LogP contribution is 2.38. The molecule has 0 aliphatic carbocycles. The number of carbonyl (C=O) groups is 1. The van der Waals surface area contributed by atoms with Crippen LogP contribution in [-0.4, -0.2) is 36.2 Å². The summed E-state index contributed by atoms with van der Waals surface area (Å²) in [5.41, 5.74) is 3.73. The van der Waals surface area contributed by atoms with E-state index in [1.807, 2.05) is 31.2 Å². The Kier molecular flexibility index (Phi) is 6.40. The Morgan fingerprint density at radius 1 is 1.21 bits per heavy atom. The standard InChI is InChI=1S/C20H17ClN2O2S2.C2HF3O2/c1-12-16-9-15(21)5-6-18(16)26-20(12)27(24,25)23-11-14-7-8-22-10-13-3-2-4-17(23)19(13)14;3-2(4,5)1(6)7/h2-6,9,11,22H,7-8,10H2,1H3;(H,6,7). The fourth-order valence-corrected chi connectivity index (χ4v) is 7.28. The van der Waals surface area contributed by atoms with Crippen LogP contribution < -0.4 is 5.32 Å². The number of halogens is 4. The number of fused-ring (bicyclic) bond motifs is 1. The molecule has 0 bridgehead atoms. The summed E-state index contributed by atoms with van der Waals surface area (Å²) in [5.74, 6) is -2.76. The number of thiophene rings is 1. The molecule has 2 aromatic heterocycles. The zero-order chi connectivity index (χ0) is 24.8. The minimum atomic E-state index is -5.08. The van der Waals surface area contributed by atoms with Gasteiger partial charge in [-0.2, -0.15) is 21.6 Å². The molecule has 0 spiro atoms. The molecule has 34 heavy (non-hydrogen) atoms. The van der Waals surface area contributed by atoms with Crippen LogP contribution in [0.4, 0.5) is 13.2 Å². The number of benzene rings is 2. The predicted molar refractivity (Wildman–Crippen MR) is 125 cm³/mol. The Morgan fingerprint density at radius 3 is 2.59 bits per heavy atom. The maximum Gasteiger partial charge on any atom is 0.490 e. The van der Waals surface area contributed by atoms with Crippen molar-refractivity contribution >= 4 is 59.9 Å². The summed E-state index contributed by atoms with van der Waals surface area (Å²) in [6.45, 7) is 3.45. The smallest absolute Gasteiger partial charge is 0.475 e. The van der Waals surface area contributed by atoms with E-state index in [9.17, 15) is 21.6 Å². The number of aryl methyl sites for hydroxylation is 1. The first kappa shape index (κ1) is 24.5. The van der Waals surface area contributed by atoms with Crippen molar-refractivity contribution in [1.29, 1.82) is 0 Å². The third kappa shape index (κ3) is 4.40. The second kappa shape index (κ2) is 8.88. The Balaban J connectivity index is 0.000000344. The van der Waals surface area contributed by atoms with Gasteiger partial charge in [0.05, 0.1) is 5.52 Å². The van der Waals surface area contributed by atoms with Crippen molar-refractivity contribution in [2.45, 2.75) is 30.3 Å². The number of aliphatic carboxylic acids is 1. The molecule has 180 valence electrons. The van der Waals surface area contributed by atoms with E-state index in [0.717, 1.165) is 57.2 Å². The van der Waals surface area contributed by atoms with E-state index in [4.69, 9.17) is 21.5 Å². The normalized spacial score (nSPS) is 14.0. The molecule has 0 saturated heterocycles. The number of alkyl halides is 3. The number of nitrogens with zero attached hydrogens (tertiary/aromatic N) is 1. The molecule has 0 amide bonds. The van der Waals surface area contributed by atoms with Gasteiger partial charge in [0.1, 0.15) is 4.21 Å². The SMILES string of the molecule is Cc1c(S(=O)(=O)n2cc3c4c(cccc42)CNCC3)sc2ccc(Cl)cc12.O=C(O)C(F)(F)F. The average molecular weight is 531 g/mol. The highest BCUT2D eigenvalue weighted by Gasteiger charge is 2.38. The lowest BCUT2D eigenvalue weighted by Gasteiger charge is -2.08. The van der Waals surface area contributed by atoms with E-state index in [1.54, 1.807) is 12.3 Å². The summed E-state index contributed by atoms with van der Waals surface area (Å²) in [6.07, 6.45) is -2.47. The Labute approximate surface area is 201 Å². The van der Waals surface area contributed by atoms with Crippen molar-refractivity contribution in [3.63, 3.8) is 0 Å². The minimum absolute atomic E-state index is 0.379. The van der Waals surface area contributed by atoms with E-state index < -0.39 is 22.2 Å². The molecule has 0 unspecified atom stereocenters. The van der Waals surface area contributed by atoms with E-state index in [0.29, 0.717) is 9.23 Å². The molecule has 6 nitrogen and oxygen atoms in total. The summed E-state index contributed by atoms with van der Waals surface area (Å²) in [7, 11) is -3.69. The maximum absolute atomic E-state index is 13.6. The minimum Gasteiger partial charge on any atom is -0.475 e. The number of carboxylic acids is 1. The first-order valence-corrected chi connectivity index (χ1v) is 12.6. The van der Waals surface area contributed by atoms with Gasteiger partial charge in [-0.1, -0.05) is 23.7 Å². The van der Waals surface area contributed by atoms with Gasteiger partial charge in [0.25, 0.3) is 10.0 Å². The molecule has 5 rings (SSSR count). The van der Waals surface area contributed by atoms with Gasteiger partial charge in [-0.3, -0.25) is 0 Å². The van der Waals surface area contributed by atoms with Crippen molar-refractivity contribution in [3.05, 3.63) is 64.3 Å². The molecule has 4 aromatic rings. The van der Waals surface area contributed by atoms with Gasteiger partial charge < -0.3 is 10.4 Å². The van der Waals surface area contributed by atoms with Crippen LogP contribution in [0.2, 0.25) is 5.02 Å². The molecule has 2 aromatic carbocycles. The molecule has 2 N–H and O–H groups in total. The molecule has 0 fully saturated rings. The highest BCUT2D eigenvalue weighted by molar-refractivity contribution is 7.92. The average Bonchev–Trinajstić information content (AvgIpc) is 3.22. The second-order valence-electron chi connectivity index (χ2n) is 7.65. The number of nitrogens with one attached hydrogen (secondary N) is 1. The van der Waals surface area contributed by atoms with Crippen LogP contribution in [0.15, 0.2) is 46.8 Å². The lowest BCUT2D eigenvalue weighted by molar-refractivity contribution is -0.192. The molecule has 0 radical (unpaired) electrons. The number of hydrogen-bond acceptors (Lipinski definition) is 5. The third-order valence-electron chi connectivity index (χ3n) is 5.44. The molecule has 0 atom stereocenters. The van der Waals surface area contributed by atoms with Gasteiger partial charge in [0.2, 0.25) is 0 Å². The molecule has 1 aliphatic rings. The van der Waals surface area contributed by atoms with Crippen LogP contribution in [0.5, 0.6) is 0 Å². The molecule has 1 aliphatic heterocycles. The Bertz CT molecular complexity index is 1520. The number of hydrogen-bond donors (Lipinski definition) is 2. The van der Waals surface area contributed by atoms with Crippen LogP contribution >= 0.6 is 22.9 Å². The topological polar surface area (TPSA) is 88.4 Å². The van der Waals surface area contributed by atoms with Crippen molar-refractivity contribution in [3.8, 4) is 0 Å². The number of aromatic nitrogens is 1. The second-order valence-corrected chi connectivity index (χ2v) is 11.1. The summed E-state index contributed by atoms with van der Waals surface area (Å²) >= 11 is 7.42. The van der Waals surface area contributed by atoms with Crippen molar-refractivity contribution in [2.75, 3.05) is 6.54 Å². The monoisotopic (exact) mass is 530 g/mol. The predicted octanol–water partition coefficient (Wildman–Crippen LogP) is 5.33. The van der Waals surface area contributed by atoms with Gasteiger partial charge in [-0.05, 0) is 66.2 Å². The first-order chi connectivity index (χ1) is 15.9. The maximum atomic E-state index is 13.6. The summed E-state index contributed by atoms with van der Waals surface area (Å²) < 4.78 is 61.7. The zero-order valence-electron chi connectivity index (χ0n) is 17.6. The zero-order valence-corrected chi connectivity index (χ0v) is 20.0. The van der Waals surface area contributed by atoms with E-state index in [-0.39, 0.29) is 0 Å². The van der Waals surface area contributed by atoms with Crippen LogP contribution in [0.3, 0.4) is 0 Å². The van der Waals surface area contributed by atoms with E-state index in [1.165, 1.54) is 15.3 Å². The van der Waals surface area contributed by atoms with Gasteiger partial charge in [0, 0.05) is 27.9 Å². The molecule has 0 saturated carbocycles. The summed E-state index contributed by atoms with van der Waals surface area (Å²) in [6, 6.07) is 11.4.